The summed E-state index contributed by atoms with van der Waals surface area (Å²) in [7, 11) is 7.17. The SMILES string of the molecule is [B]c1cc2sc(-c3cnc([C@@H]4CCCN4C(=O)C(NC(=O)OC)C(C)C)[nH]3)cc2s1. The standard InChI is InChI=1S/C20H23BN4O3S2/c1-10(2)17(24-20(27)28-3)19(26)25-6-4-5-12(25)18-22-9-11(23-18)13-7-14-15(29-13)8-16(21)30-14/h7-10,12,17H,4-6H2,1-3H3,(H,22,23)(H,24,27)/t12-,17?/m0/s1. The average Bonchev–Trinajstić information content (AvgIpc) is 3.46. The fraction of sp³-hybridized carbons (Fsp3) is 0.450. The molecule has 2 N–H and O–H groups in total. The molecule has 1 aliphatic rings. The number of ether oxygens (including phenoxy) is 1. The highest BCUT2D eigenvalue weighted by Crippen LogP contribution is 2.37. The first-order chi connectivity index (χ1) is 14.4. The van der Waals surface area contributed by atoms with E-state index in [1.54, 1.807) is 22.7 Å². The van der Waals surface area contributed by atoms with Gasteiger partial charge in [-0.25, -0.2) is 9.78 Å². The van der Waals surface area contributed by atoms with E-state index in [2.05, 4.69) is 26.1 Å². The second-order valence-corrected chi connectivity index (χ2v) is 9.92. The number of likely N-dealkylation sites (tertiary alicyclic amines) is 1. The summed E-state index contributed by atoms with van der Waals surface area (Å²) in [6, 6.07) is 3.33. The van der Waals surface area contributed by atoms with Crippen LogP contribution in [0.5, 0.6) is 0 Å². The van der Waals surface area contributed by atoms with E-state index in [0.29, 0.717) is 6.54 Å². The zero-order valence-electron chi connectivity index (χ0n) is 17.1. The molecule has 1 saturated heterocycles. The number of rotatable bonds is 5. The summed E-state index contributed by atoms with van der Waals surface area (Å²) in [5.74, 6) is 0.604. The third-order valence-electron chi connectivity index (χ3n) is 5.33. The fourth-order valence-corrected chi connectivity index (χ4v) is 5.95. The molecule has 0 bridgehead atoms. The maximum absolute atomic E-state index is 13.2. The van der Waals surface area contributed by atoms with Crippen molar-refractivity contribution in [3.8, 4) is 10.6 Å². The first kappa shape index (κ1) is 20.9. The number of nitrogens with zero attached hydrogens (tertiary/aromatic N) is 2. The monoisotopic (exact) mass is 442 g/mol. The Morgan fingerprint density at radius 1 is 1.33 bits per heavy atom. The second-order valence-electron chi connectivity index (χ2n) is 7.72. The minimum Gasteiger partial charge on any atom is -0.453 e. The highest BCUT2D eigenvalue weighted by molar-refractivity contribution is 7.33. The van der Waals surface area contributed by atoms with Gasteiger partial charge in [0.05, 0.1) is 29.9 Å². The lowest BCUT2D eigenvalue weighted by Crippen LogP contribution is -2.51. The van der Waals surface area contributed by atoms with Gasteiger partial charge < -0.3 is 19.9 Å². The summed E-state index contributed by atoms with van der Waals surface area (Å²) in [5.41, 5.74) is 0.935. The molecule has 1 unspecified atom stereocenters. The Balaban J connectivity index is 1.55. The molecule has 30 heavy (non-hydrogen) atoms. The number of methoxy groups -OCH3 is 1. The Hall–Kier alpha value is -2.33. The van der Waals surface area contributed by atoms with Crippen LogP contribution in [0.4, 0.5) is 4.79 Å². The largest absolute Gasteiger partial charge is 0.453 e. The van der Waals surface area contributed by atoms with E-state index in [-0.39, 0.29) is 17.9 Å². The maximum atomic E-state index is 13.2. The van der Waals surface area contributed by atoms with Crippen LogP contribution in [0.25, 0.3) is 20.0 Å². The predicted octanol–water partition coefficient (Wildman–Crippen LogP) is 3.19. The number of carbonyl (C=O) groups is 2. The molecule has 0 aliphatic carbocycles. The highest BCUT2D eigenvalue weighted by atomic mass is 32.1. The molecule has 7 nitrogen and oxygen atoms in total. The topological polar surface area (TPSA) is 87.3 Å². The van der Waals surface area contributed by atoms with E-state index >= 15 is 0 Å². The number of hydrogen-bond donors (Lipinski definition) is 2. The van der Waals surface area contributed by atoms with E-state index in [0.717, 1.165) is 43.4 Å². The summed E-state index contributed by atoms with van der Waals surface area (Å²) < 4.78 is 7.83. The van der Waals surface area contributed by atoms with Gasteiger partial charge in [-0.1, -0.05) is 13.8 Å². The van der Waals surface area contributed by atoms with Gasteiger partial charge in [-0.3, -0.25) is 4.79 Å². The van der Waals surface area contributed by atoms with Gasteiger partial charge in [0, 0.05) is 15.9 Å². The molecule has 4 heterocycles. The summed E-state index contributed by atoms with van der Waals surface area (Å²) in [4.78, 5) is 35.8. The van der Waals surface area contributed by atoms with Gasteiger partial charge in [-0.05, 0) is 35.7 Å². The van der Waals surface area contributed by atoms with Crippen molar-refractivity contribution in [2.75, 3.05) is 13.7 Å². The second kappa shape index (κ2) is 8.43. The maximum Gasteiger partial charge on any atom is 0.407 e. The number of imidazole rings is 1. The Kier molecular flexibility index (Phi) is 5.88. The first-order valence-corrected chi connectivity index (χ1v) is 11.5. The van der Waals surface area contributed by atoms with E-state index in [9.17, 15) is 9.59 Å². The van der Waals surface area contributed by atoms with Crippen LogP contribution in [0.1, 0.15) is 38.6 Å². The first-order valence-electron chi connectivity index (χ1n) is 9.86. The van der Waals surface area contributed by atoms with Gasteiger partial charge in [-0.15, -0.1) is 11.3 Å². The number of H-pyrrole nitrogens is 1. The van der Waals surface area contributed by atoms with Gasteiger partial charge >= 0.3 is 6.09 Å². The van der Waals surface area contributed by atoms with Crippen molar-refractivity contribution in [2.45, 2.75) is 38.8 Å². The number of aromatic amines is 1. The van der Waals surface area contributed by atoms with Crippen molar-refractivity contribution >= 4 is 56.7 Å². The molecule has 2 atom stereocenters. The van der Waals surface area contributed by atoms with Crippen molar-refractivity contribution in [3.05, 3.63) is 24.2 Å². The van der Waals surface area contributed by atoms with Crippen molar-refractivity contribution < 1.29 is 14.3 Å². The Morgan fingerprint density at radius 3 is 2.80 bits per heavy atom. The zero-order chi connectivity index (χ0) is 21.4. The highest BCUT2D eigenvalue weighted by Gasteiger charge is 2.37. The Labute approximate surface area is 184 Å². The molecular weight excluding hydrogens is 419 g/mol. The molecule has 2 amide bonds. The smallest absolute Gasteiger partial charge is 0.407 e. The average molecular weight is 442 g/mol. The van der Waals surface area contributed by atoms with Gasteiger partial charge in [-0.2, -0.15) is 11.3 Å². The summed E-state index contributed by atoms with van der Waals surface area (Å²) in [6.07, 6.45) is 2.94. The number of hydrogen-bond acceptors (Lipinski definition) is 6. The van der Waals surface area contributed by atoms with Crippen molar-refractivity contribution in [2.24, 2.45) is 5.92 Å². The fourth-order valence-electron chi connectivity index (χ4n) is 3.81. The van der Waals surface area contributed by atoms with Crippen LogP contribution in [-0.2, 0) is 9.53 Å². The molecule has 3 aromatic heterocycles. The minimum atomic E-state index is -0.637. The Bertz CT molecular complexity index is 1040. The van der Waals surface area contributed by atoms with Crippen LogP contribution in [0, 0.1) is 5.92 Å². The van der Waals surface area contributed by atoms with E-state index < -0.39 is 12.1 Å². The number of nitrogens with one attached hydrogen (secondary N) is 2. The van der Waals surface area contributed by atoms with E-state index in [1.165, 1.54) is 7.11 Å². The lowest BCUT2D eigenvalue weighted by molar-refractivity contribution is -0.135. The van der Waals surface area contributed by atoms with Crippen LogP contribution in [0.2, 0.25) is 0 Å². The third kappa shape index (κ3) is 3.98. The number of alkyl carbamates (subject to hydrolysis) is 1. The molecule has 0 spiro atoms. The molecule has 4 rings (SSSR count). The third-order valence-corrected chi connectivity index (χ3v) is 7.49. The number of fused-ring (bicyclic) bond motifs is 1. The van der Waals surface area contributed by atoms with Crippen molar-refractivity contribution in [1.29, 1.82) is 0 Å². The van der Waals surface area contributed by atoms with Crippen molar-refractivity contribution in [1.82, 2.24) is 20.2 Å². The number of amides is 2. The number of aromatic nitrogens is 2. The summed E-state index contributed by atoms with van der Waals surface area (Å²) in [5, 5.41) is 2.67. The Morgan fingerprint density at radius 2 is 2.10 bits per heavy atom. The molecule has 1 fully saturated rings. The molecule has 2 radical (unpaired) electrons. The van der Waals surface area contributed by atoms with Crippen molar-refractivity contribution in [3.63, 3.8) is 0 Å². The predicted molar refractivity (Wildman–Crippen MR) is 121 cm³/mol. The molecule has 156 valence electrons. The van der Waals surface area contributed by atoms with Crippen LogP contribution in [0.3, 0.4) is 0 Å². The molecular formula is C20H23BN4O3S2. The molecule has 0 aromatic carbocycles. The van der Waals surface area contributed by atoms with Crippen LogP contribution in [-0.4, -0.2) is 54.4 Å². The lowest BCUT2D eigenvalue weighted by Gasteiger charge is -2.30. The summed E-state index contributed by atoms with van der Waals surface area (Å²) in [6.45, 7) is 4.45. The molecule has 10 heteroatoms. The summed E-state index contributed by atoms with van der Waals surface area (Å²) >= 11 is 3.24. The van der Waals surface area contributed by atoms with Gasteiger partial charge in [0.15, 0.2) is 0 Å². The normalized spacial score (nSPS) is 17.6. The van der Waals surface area contributed by atoms with Gasteiger partial charge in [0.1, 0.15) is 19.7 Å². The van der Waals surface area contributed by atoms with Crippen LogP contribution in [0.15, 0.2) is 18.3 Å². The van der Waals surface area contributed by atoms with Gasteiger partial charge in [0.25, 0.3) is 0 Å². The number of thiophene rings is 2. The zero-order valence-corrected chi connectivity index (χ0v) is 18.7. The van der Waals surface area contributed by atoms with E-state index in [4.69, 9.17) is 7.85 Å². The molecule has 0 saturated carbocycles. The minimum absolute atomic E-state index is 0.0588. The van der Waals surface area contributed by atoms with Crippen LogP contribution < -0.4 is 10.1 Å². The van der Waals surface area contributed by atoms with E-state index in [1.807, 2.05) is 31.0 Å². The molecule has 1 aliphatic heterocycles. The van der Waals surface area contributed by atoms with Crippen LogP contribution >= 0.6 is 22.7 Å². The number of carbonyl (C=O) groups excluding carboxylic acids is 2. The van der Waals surface area contributed by atoms with Gasteiger partial charge in [0.2, 0.25) is 5.91 Å². The lowest BCUT2D eigenvalue weighted by atomic mass is 10.0. The quantitative estimate of drug-likeness (QED) is 0.595. The molecule has 3 aromatic rings.